The zero-order valence-electron chi connectivity index (χ0n) is 18.8. The van der Waals surface area contributed by atoms with Crippen molar-refractivity contribution in [2.75, 3.05) is 24.6 Å². The number of hydrogen-bond acceptors (Lipinski definition) is 7. The van der Waals surface area contributed by atoms with E-state index in [0.717, 1.165) is 16.9 Å². The number of terminal acetylenes is 1. The summed E-state index contributed by atoms with van der Waals surface area (Å²) in [4.78, 5) is 6.78. The third kappa shape index (κ3) is 4.93. The number of piperidine rings is 1. The van der Waals surface area contributed by atoms with Gasteiger partial charge in [-0.3, -0.25) is 0 Å². The molecule has 8 heteroatoms. The van der Waals surface area contributed by atoms with Crippen molar-refractivity contribution in [3.8, 4) is 35.3 Å². The summed E-state index contributed by atoms with van der Waals surface area (Å²) in [5, 5.41) is 34.4. The molecule has 0 radical (unpaired) electrons. The Morgan fingerprint density at radius 3 is 2.64 bits per heavy atom. The van der Waals surface area contributed by atoms with Crippen molar-refractivity contribution < 1.29 is 14.9 Å². The second kappa shape index (κ2) is 8.74. The van der Waals surface area contributed by atoms with Crippen LogP contribution >= 0.6 is 0 Å². The first-order valence-corrected chi connectivity index (χ1v) is 10.9. The molecule has 0 aromatic carbocycles. The van der Waals surface area contributed by atoms with Crippen LogP contribution < -0.4 is 9.64 Å². The highest BCUT2D eigenvalue weighted by molar-refractivity contribution is 5.85. The van der Waals surface area contributed by atoms with Gasteiger partial charge in [-0.15, -0.1) is 12.3 Å². The van der Waals surface area contributed by atoms with E-state index in [9.17, 15) is 15.5 Å². The topological polar surface area (TPSA) is 107 Å². The fourth-order valence-electron chi connectivity index (χ4n) is 3.99. The van der Waals surface area contributed by atoms with Gasteiger partial charge >= 0.3 is 0 Å². The van der Waals surface area contributed by atoms with Gasteiger partial charge in [-0.25, -0.2) is 9.50 Å². The molecule has 1 saturated heterocycles. The molecule has 4 heterocycles. The number of ether oxygens (including phenoxy) is 1. The summed E-state index contributed by atoms with van der Waals surface area (Å²) in [6, 6.07) is 7.91. The molecule has 1 fully saturated rings. The molecule has 0 aliphatic carbocycles. The van der Waals surface area contributed by atoms with Crippen LogP contribution in [-0.2, 0) is 0 Å². The van der Waals surface area contributed by atoms with Gasteiger partial charge in [0.15, 0.2) is 0 Å². The van der Waals surface area contributed by atoms with Gasteiger partial charge in [0.1, 0.15) is 24.2 Å². The van der Waals surface area contributed by atoms with Crippen molar-refractivity contribution in [1.29, 1.82) is 5.26 Å². The van der Waals surface area contributed by atoms with E-state index in [4.69, 9.17) is 11.2 Å². The molecular formula is C25H27N5O3. The first-order chi connectivity index (χ1) is 15.7. The molecule has 0 saturated carbocycles. The third-order valence-corrected chi connectivity index (χ3v) is 5.81. The lowest BCUT2D eigenvalue weighted by Crippen LogP contribution is -2.44. The highest BCUT2D eigenvalue weighted by atomic mass is 16.5. The van der Waals surface area contributed by atoms with E-state index in [1.165, 1.54) is 6.20 Å². The van der Waals surface area contributed by atoms with E-state index in [2.05, 4.69) is 27.0 Å². The minimum atomic E-state index is -0.985. The lowest BCUT2D eigenvalue weighted by atomic mass is 9.88. The minimum absolute atomic E-state index is 0.114. The lowest BCUT2D eigenvalue weighted by Gasteiger charge is -2.37. The summed E-state index contributed by atoms with van der Waals surface area (Å²) in [5.41, 5.74) is 0.914. The molecule has 0 atom stereocenters. The number of hydrogen-bond donors (Lipinski definition) is 2. The summed E-state index contributed by atoms with van der Waals surface area (Å²) >= 11 is 0. The van der Waals surface area contributed by atoms with Crippen LogP contribution in [0.2, 0.25) is 0 Å². The molecule has 1 aliphatic heterocycles. The van der Waals surface area contributed by atoms with E-state index in [1.807, 2.05) is 18.2 Å². The quantitative estimate of drug-likeness (QED) is 0.562. The van der Waals surface area contributed by atoms with Crippen LogP contribution in [0.25, 0.3) is 16.6 Å². The van der Waals surface area contributed by atoms with Crippen LogP contribution in [0.3, 0.4) is 0 Å². The van der Waals surface area contributed by atoms with E-state index in [0.29, 0.717) is 49.2 Å². The van der Waals surface area contributed by atoms with Crippen molar-refractivity contribution in [1.82, 2.24) is 14.6 Å². The van der Waals surface area contributed by atoms with Crippen LogP contribution in [0.15, 0.2) is 36.8 Å². The SMILES string of the molecule is C#CCC1(O)CCN(c2ccc(-c3cc(OCC(C)(C)O)cn4ncc(C#N)c34)cn2)CC1. The van der Waals surface area contributed by atoms with E-state index < -0.39 is 11.2 Å². The number of nitriles is 1. The largest absolute Gasteiger partial charge is 0.489 e. The van der Waals surface area contributed by atoms with Crippen molar-refractivity contribution in [2.45, 2.75) is 44.3 Å². The van der Waals surface area contributed by atoms with Crippen LogP contribution in [0, 0.1) is 23.7 Å². The van der Waals surface area contributed by atoms with Crippen molar-refractivity contribution in [3.05, 3.63) is 42.4 Å². The fourth-order valence-corrected chi connectivity index (χ4v) is 3.99. The molecule has 33 heavy (non-hydrogen) atoms. The van der Waals surface area contributed by atoms with Gasteiger partial charge in [-0.2, -0.15) is 10.4 Å². The van der Waals surface area contributed by atoms with E-state index in [1.54, 1.807) is 30.8 Å². The Labute approximate surface area is 193 Å². The number of rotatable bonds is 6. The molecule has 170 valence electrons. The van der Waals surface area contributed by atoms with E-state index in [-0.39, 0.29) is 6.61 Å². The third-order valence-electron chi connectivity index (χ3n) is 5.81. The maximum atomic E-state index is 10.5. The summed E-state index contributed by atoms with van der Waals surface area (Å²) < 4.78 is 7.39. The average Bonchev–Trinajstić information content (AvgIpc) is 3.21. The second-order valence-electron chi connectivity index (χ2n) is 9.15. The zero-order valence-corrected chi connectivity index (χ0v) is 18.8. The summed E-state index contributed by atoms with van der Waals surface area (Å²) in [6.45, 7) is 4.81. The van der Waals surface area contributed by atoms with Gasteiger partial charge < -0.3 is 19.8 Å². The van der Waals surface area contributed by atoms with Gasteiger partial charge in [0.2, 0.25) is 0 Å². The van der Waals surface area contributed by atoms with E-state index >= 15 is 0 Å². The van der Waals surface area contributed by atoms with Gasteiger partial charge in [0, 0.05) is 36.8 Å². The second-order valence-corrected chi connectivity index (χ2v) is 9.15. The first kappa shape index (κ1) is 22.6. The fraction of sp³-hybridized carbons (Fsp3) is 0.400. The molecule has 3 aromatic heterocycles. The normalized spacial score (nSPS) is 15.8. The molecule has 3 aromatic rings. The maximum absolute atomic E-state index is 10.5. The minimum Gasteiger partial charge on any atom is -0.489 e. The monoisotopic (exact) mass is 445 g/mol. The number of fused-ring (bicyclic) bond motifs is 1. The Morgan fingerprint density at radius 1 is 1.27 bits per heavy atom. The number of aliphatic hydroxyl groups is 2. The predicted octanol–water partition coefficient (Wildman–Crippen LogP) is 2.77. The van der Waals surface area contributed by atoms with Gasteiger partial charge in [-0.05, 0) is 44.9 Å². The molecule has 0 bridgehead atoms. The van der Waals surface area contributed by atoms with Crippen LogP contribution in [0.5, 0.6) is 5.75 Å². The van der Waals surface area contributed by atoms with Crippen LogP contribution in [-0.4, -0.2) is 55.7 Å². The molecule has 2 N–H and O–H groups in total. The number of aromatic nitrogens is 3. The Kier molecular flexibility index (Phi) is 5.99. The van der Waals surface area contributed by atoms with Crippen molar-refractivity contribution in [2.24, 2.45) is 0 Å². The maximum Gasteiger partial charge on any atom is 0.138 e. The predicted molar refractivity (Wildman–Crippen MR) is 125 cm³/mol. The van der Waals surface area contributed by atoms with Gasteiger partial charge in [0.05, 0.1) is 34.7 Å². The molecular weight excluding hydrogens is 418 g/mol. The molecule has 4 rings (SSSR count). The Balaban J connectivity index is 1.62. The highest BCUT2D eigenvalue weighted by Crippen LogP contribution is 2.33. The van der Waals surface area contributed by atoms with Crippen molar-refractivity contribution in [3.63, 3.8) is 0 Å². The highest BCUT2D eigenvalue weighted by Gasteiger charge is 2.31. The smallest absolute Gasteiger partial charge is 0.138 e. The van der Waals surface area contributed by atoms with Gasteiger partial charge in [-0.1, -0.05) is 0 Å². The summed E-state index contributed by atoms with van der Waals surface area (Å²) in [5.74, 6) is 3.91. The summed E-state index contributed by atoms with van der Waals surface area (Å²) in [6.07, 6.45) is 11.9. The molecule has 0 spiro atoms. The molecule has 0 amide bonds. The van der Waals surface area contributed by atoms with Crippen molar-refractivity contribution >= 4 is 11.3 Å². The zero-order chi connectivity index (χ0) is 23.6. The first-order valence-electron chi connectivity index (χ1n) is 10.9. The Bertz CT molecular complexity index is 1220. The molecule has 0 unspecified atom stereocenters. The van der Waals surface area contributed by atoms with Crippen LogP contribution in [0.4, 0.5) is 5.82 Å². The Morgan fingerprint density at radius 2 is 2.03 bits per heavy atom. The standard InChI is InChI=1S/C25H27N5O3/c1-4-7-25(32)8-10-29(11-9-25)22-6-5-18(14-27-22)21-12-20(33-17-24(2,3)31)16-30-23(21)19(13-26)15-28-30/h1,5-6,12,14-16,31-32H,7-11,17H2,2-3H3. The molecule has 8 nitrogen and oxygen atoms in total. The van der Waals surface area contributed by atoms with Gasteiger partial charge in [0.25, 0.3) is 0 Å². The number of nitrogens with zero attached hydrogens (tertiary/aromatic N) is 5. The lowest BCUT2D eigenvalue weighted by molar-refractivity contribution is 0.0210. The summed E-state index contributed by atoms with van der Waals surface area (Å²) in [7, 11) is 0. The number of anilines is 1. The molecule has 1 aliphatic rings. The number of pyridine rings is 2. The average molecular weight is 446 g/mol. The van der Waals surface area contributed by atoms with Crippen LogP contribution in [0.1, 0.15) is 38.7 Å². The Hall–Kier alpha value is -3.59.